The van der Waals surface area contributed by atoms with Gasteiger partial charge in [0.2, 0.25) is 0 Å². The second kappa shape index (κ2) is 53.4. The van der Waals surface area contributed by atoms with Crippen molar-refractivity contribution in [1.82, 2.24) is 84.7 Å². The summed E-state index contributed by atoms with van der Waals surface area (Å²) in [5.41, 5.74) is 32.6. The van der Waals surface area contributed by atoms with Crippen LogP contribution in [0.15, 0.2) is 184 Å². The Kier molecular flexibility index (Phi) is 46.9. The number of pyridine rings is 7. The summed E-state index contributed by atoms with van der Waals surface area (Å²) in [6.45, 7) is 62.4. The van der Waals surface area contributed by atoms with Crippen molar-refractivity contribution in [1.29, 1.82) is 0 Å². The number of nitrogens with zero attached hydrogens (tertiary/aromatic N) is 17. The monoisotopic (exact) mass is 1470 g/mol. The minimum absolute atomic E-state index is 0.838. The fourth-order valence-electron chi connectivity index (χ4n) is 8.92. The summed E-state index contributed by atoms with van der Waals surface area (Å²) in [5, 5.41) is 0. The SMILES string of the molecule is Cc1cc(C)c(C)cn1.Cc1cc(C)ncn1.Cc1ccc(C)c(C)c1.Cc1ccc(C)c(C)n1.Cc1cccc(C)n1.Cc1ccnc(C)c1.Cc1ccnc(C)c1.Cc1ccnc(C)n1.Cc1ccnc(C)n1.Cc1cnc(C)c(C)c1.Cc1cncc(C)c1.Cc1cncc(C)n1.Cc1ncc(C)c(C)n1. The van der Waals surface area contributed by atoms with Crippen LogP contribution >= 0.6 is 0 Å². The van der Waals surface area contributed by atoms with E-state index in [1.54, 1.807) is 31.1 Å². The molecule has 17 nitrogen and oxygen atoms in total. The molecular formula is C92H123N17. The third-order valence-corrected chi connectivity index (χ3v) is 15.3. The predicted molar refractivity (Wildman–Crippen MR) is 453 cm³/mol. The maximum atomic E-state index is 4.27. The first-order chi connectivity index (χ1) is 51.3. The molecule has 0 spiro atoms. The molecule has 0 atom stereocenters. The highest BCUT2D eigenvalue weighted by atomic mass is 14.9. The summed E-state index contributed by atoms with van der Waals surface area (Å²) in [6, 6.07) is 36.8. The maximum Gasteiger partial charge on any atom is 0.125 e. The van der Waals surface area contributed by atoms with E-state index in [1.807, 2.05) is 243 Å². The van der Waals surface area contributed by atoms with E-state index in [0.717, 1.165) is 108 Å². The second-order valence-electron chi connectivity index (χ2n) is 27.0. The molecule has 0 saturated carbocycles. The van der Waals surface area contributed by atoms with Gasteiger partial charge in [0.1, 0.15) is 23.8 Å². The first-order valence-electron chi connectivity index (χ1n) is 36.4. The van der Waals surface area contributed by atoms with Crippen molar-refractivity contribution in [2.75, 3.05) is 0 Å². The normalized spacial score (nSPS) is 9.42. The number of aromatic nitrogens is 17. The van der Waals surface area contributed by atoms with Crippen LogP contribution in [0.25, 0.3) is 0 Å². The van der Waals surface area contributed by atoms with Gasteiger partial charge in [-0.25, -0.2) is 39.9 Å². The Labute approximate surface area is 654 Å². The fourth-order valence-corrected chi connectivity index (χ4v) is 8.92. The summed E-state index contributed by atoms with van der Waals surface area (Å²) in [4.78, 5) is 68.9. The van der Waals surface area contributed by atoms with Gasteiger partial charge in [0.15, 0.2) is 0 Å². The summed E-state index contributed by atoms with van der Waals surface area (Å²) in [7, 11) is 0. The maximum absolute atomic E-state index is 4.27. The van der Waals surface area contributed by atoms with Gasteiger partial charge in [0.05, 0.1) is 11.4 Å². The molecule has 0 unspecified atom stereocenters. The molecule has 0 aliphatic heterocycles. The number of hydrogen-bond acceptors (Lipinski definition) is 17. The van der Waals surface area contributed by atoms with E-state index in [0.29, 0.717) is 0 Å². The molecule has 0 bridgehead atoms. The molecule has 0 amide bonds. The molecule has 13 aromatic rings. The average Bonchev–Trinajstić information content (AvgIpc) is 0.915. The van der Waals surface area contributed by atoms with E-state index >= 15 is 0 Å². The largest absolute Gasteiger partial charge is 0.264 e. The van der Waals surface area contributed by atoms with Crippen LogP contribution in [-0.2, 0) is 0 Å². The zero-order valence-electron chi connectivity index (χ0n) is 71.4. The predicted octanol–water partition coefficient (Wildman–Crippen LogP) is 21.2. The summed E-state index contributed by atoms with van der Waals surface area (Å²) in [5.74, 6) is 2.52. The third-order valence-electron chi connectivity index (χ3n) is 15.3. The Morgan fingerprint density at radius 3 is 0.881 bits per heavy atom. The van der Waals surface area contributed by atoms with E-state index in [9.17, 15) is 0 Å². The molecule has 12 heterocycles. The highest BCUT2D eigenvalue weighted by Crippen LogP contribution is 2.10. The van der Waals surface area contributed by atoms with Crippen LogP contribution in [0.5, 0.6) is 0 Å². The third kappa shape index (κ3) is 48.5. The van der Waals surface area contributed by atoms with Crippen molar-refractivity contribution < 1.29 is 0 Å². The standard InChI is InChI=1S/C9H12.3C8H11N.C7H10N2.4C7H9N.4C6H8N2/c1-7-4-5-8(2)9(3)6-7;1-6-4-8(3)9-5-7(6)2;1-6-4-7(2)8(3)9-5-6;1-6-4-5-7(2)9-8(6)3;1-5-4-8-7(3)9-6(5)2;1-6-3-7(2)5-8-4-6;2*1-6-3-4-8-7(2)5-6;1-6-4-3-5-7(2)8-6;1-5-3-7-4-6(2)8-5;1-5-3-6(2)8-4-7-5;2*1-5-3-4-7-6(2)8-5/h4-6H,1-3H3;3*4-5H,1-3H3;4H,1-3H3;4*3-5H,1-2H3;4*3-4H,1-2H3. The van der Waals surface area contributed by atoms with E-state index in [-0.39, 0.29) is 0 Å². The first kappa shape index (κ1) is 95.7. The van der Waals surface area contributed by atoms with Gasteiger partial charge < -0.3 is 0 Å². The zero-order chi connectivity index (χ0) is 82.1. The number of rotatable bonds is 0. The molecule has 0 saturated heterocycles. The molecule has 0 aliphatic carbocycles. The molecule has 0 fully saturated rings. The number of aryl methyl sites for hydroxylation is 31. The van der Waals surface area contributed by atoms with Crippen LogP contribution in [0.1, 0.15) is 175 Å². The second-order valence-corrected chi connectivity index (χ2v) is 27.0. The van der Waals surface area contributed by atoms with Gasteiger partial charge in [-0.3, -0.25) is 44.9 Å². The van der Waals surface area contributed by atoms with Crippen molar-refractivity contribution in [3.8, 4) is 0 Å². The highest BCUT2D eigenvalue weighted by Gasteiger charge is 1.96. The van der Waals surface area contributed by atoms with E-state index in [1.165, 1.54) is 66.8 Å². The minimum atomic E-state index is 0.838. The van der Waals surface area contributed by atoms with Gasteiger partial charge >= 0.3 is 0 Å². The first-order valence-corrected chi connectivity index (χ1v) is 36.4. The van der Waals surface area contributed by atoms with Crippen molar-refractivity contribution in [2.24, 2.45) is 0 Å². The lowest BCUT2D eigenvalue weighted by molar-refractivity contribution is 0.986. The molecule has 0 radical (unpaired) electrons. The van der Waals surface area contributed by atoms with Crippen LogP contribution in [0.3, 0.4) is 0 Å². The number of hydrogen-bond donors (Lipinski definition) is 0. The van der Waals surface area contributed by atoms with Crippen LogP contribution in [0, 0.1) is 215 Å². The van der Waals surface area contributed by atoms with Gasteiger partial charge in [-0.15, -0.1) is 0 Å². The molecule has 13 rings (SSSR count). The Morgan fingerprint density at radius 2 is 0.569 bits per heavy atom. The summed E-state index contributed by atoms with van der Waals surface area (Å²) < 4.78 is 0. The highest BCUT2D eigenvalue weighted by molar-refractivity contribution is 5.29. The van der Waals surface area contributed by atoms with Gasteiger partial charge in [0, 0.05) is 142 Å². The van der Waals surface area contributed by atoms with E-state index < -0.39 is 0 Å². The molecule has 0 aliphatic rings. The van der Waals surface area contributed by atoms with Crippen molar-refractivity contribution in [3.63, 3.8) is 0 Å². The van der Waals surface area contributed by atoms with E-state index in [4.69, 9.17) is 0 Å². The quantitative estimate of drug-likeness (QED) is 0.138. The Morgan fingerprint density at radius 1 is 0.174 bits per heavy atom. The minimum Gasteiger partial charge on any atom is -0.264 e. The topological polar surface area (TPSA) is 219 Å². The molecule has 1 aromatic carbocycles. The Bertz CT molecular complexity index is 3800. The van der Waals surface area contributed by atoms with Gasteiger partial charge in [0.25, 0.3) is 0 Å². The molecule has 109 heavy (non-hydrogen) atoms. The fraction of sp³-hybridized carbons (Fsp3) is 0.337. The van der Waals surface area contributed by atoms with Crippen molar-refractivity contribution in [3.05, 3.63) is 359 Å². The number of benzene rings is 1. The molecule has 12 aromatic heterocycles. The summed E-state index contributed by atoms with van der Waals surface area (Å²) >= 11 is 0. The van der Waals surface area contributed by atoms with Crippen LogP contribution in [-0.4, -0.2) is 84.7 Å². The lowest BCUT2D eigenvalue weighted by atomic mass is 10.1. The van der Waals surface area contributed by atoms with Gasteiger partial charge in [-0.05, 0) is 348 Å². The summed E-state index contributed by atoms with van der Waals surface area (Å²) in [6.07, 6.45) is 21.6. The van der Waals surface area contributed by atoms with Crippen LogP contribution < -0.4 is 0 Å². The van der Waals surface area contributed by atoms with Crippen molar-refractivity contribution in [2.45, 2.75) is 215 Å². The van der Waals surface area contributed by atoms with Crippen molar-refractivity contribution >= 4 is 0 Å². The molecular weight excluding hydrogens is 1340 g/mol. The zero-order valence-corrected chi connectivity index (χ0v) is 71.4. The molecule has 0 N–H and O–H groups in total. The van der Waals surface area contributed by atoms with Gasteiger partial charge in [-0.2, -0.15) is 0 Å². The molecule has 17 heteroatoms. The van der Waals surface area contributed by atoms with Gasteiger partial charge in [-0.1, -0.05) is 48.0 Å². The Balaban J connectivity index is 0.000000591. The lowest BCUT2D eigenvalue weighted by Gasteiger charge is -1.98. The average molecular weight is 1470 g/mol. The van der Waals surface area contributed by atoms with Crippen LogP contribution in [0.2, 0.25) is 0 Å². The Hall–Kier alpha value is -11.3. The smallest absolute Gasteiger partial charge is 0.125 e. The lowest BCUT2D eigenvalue weighted by Crippen LogP contribution is -1.92. The van der Waals surface area contributed by atoms with Crippen LogP contribution in [0.4, 0.5) is 0 Å². The molecule has 576 valence electrons. The van der Waals surface area contributed by atoms with E-state index in [2.05, 4.69) is 209 Å².